The van der Waals surface area contributed by atoms with E-state index < -0.39 is 0 Å². The highest BCUT2D eigenvalue weighted by Crippen LogP contribution is 2.29. The predicted octanol–water partition coefficient (Wildman–Crippen LogP) is 7.13. The number of aryl methyl sites for hydroxylation is 2. The third-order valence-corrected chi connectivity index (χ3v) is 5.53. The summed E-state index contributed by atoms with van der Waals surface area (Å²) >= 11 is 14.3. The smallest absolute Gasteiger partial charge is 0.248 e. The van der Waals surface area contributed by atoms with Crippen LogP contribution in [0.2, 0.25) is 10.0 Å². The minimum Gasteiger partial charge on any atom is -0.457 e. The van der Waals surface area contributed by atoms with Crippen LogP contribution in [-0.2, 0) is 4.79 Å². The Morgan fingerprint density at radius 2 is 1.74 bits per heavy atom. The average molecular weight is 512 g/mol. The zero-order valence-electron chi connectivity index (χ0n) is 14.6. The Morgan fingerprint density at radius 1 is 1.04 bits per heavy atom. The van der Waals surface area contributed by atoms with E-state index in [0.29, 0.717) is 21.6 Å². The SMILES string of the molecule is Cc1cc(NC(=O)/C=C/c2ccc(-c3cc(Cl)cc(Cl)c3)o2)c(C)cc1I. The molecule has 3 nitrogen and oxygen atoms in total. The lowest BCUT2D eigenvalue weighted by atomic mass is 10.1. The van der Waals surface area contributed by atoms with Crippen LogP contribution in [0.3, 0.4) is 0 Å². The largest absolute Gasteiger partial charge is 0.457 e. The molecule has 1 N–H and O–H groups in total. The number of hydrogen-bond donors (Lipinski definition) is 1. The van der Waals surface area contributed by atoms with E-state index in [9.17, 15) is 4.79 Å². The molecule has 6 heteroatoms. The van der Waals surface area contributed by atoms with Crippen molar-refractivity contribution in [3.8, 4) is 11.3 Å². The molecule has 27 heavy (non-hydrogen) atoms. The molecule has 0 unspecified atom stereocenters. The molecule has 3 aromatic rings. The minimum atomic E-state index is -0.220. The van der Waals surface area contributed by atoms with Gasteiger partial charge in [-0.1, -0.05) is 23.2 Å². The second-order valence-corrected chi connectivity index (χ2v) is 8.13. The second-order valence-electron chi connectivity index (χ2n) is 6.10. The van der Waals surface area contributed by atoms with E-state index in [4.69, 9.17) is 27.6 Å². The molecule has 1 aromatic heterocycles. The van der Waals surface area contributed by atoms with Gasteiger partial charge in [0.1, 0.15) is 11.5 Å². The molecule has 138 valence electrons. The molecule has 3 rings (SSSR count). The molecule has 0 saturated carbocycles. The van der Waals surface area contributed by atoms with Crippen molar-refractivity contribution in [1.29, 1.82) is 0 Å². The van der Waals surface area contributed by atoms with Gasteiger partial charge in [-0.15, -0.1) is 0 Å². The summed E-state index contributed by atoms with van der Waals surface area (Å²) in [6.07, 6.45) is 3.07. The Kier molecular flexibility index (Phi) is 6.29. The van der Waals surface area contributed by atoms with E-state index in [1.807, 2.05) is 32.0 Å². The summed E-state index contributed by atoms with van der Waals surface area (Å²) in [5, 5.41) is 3.97. The molecular weight excluding hydrogens is 496 g/mol. The topological polar surface area (TPSA) is 42.2 Å². The number of benzene rings is 2. The Bertz CT molecular complexity index is 1020. The van der Waals surface area contributed by atoms with Gasteiger partial charge in [-0.3, -0.25) is 4.79 Å². The molecule has 0 saturated heterocycles. The van der Waals surface area contributed by atoms with Crippen molar-refractivity contribution < 1.29 is 9.21 Å². The van der Waals surface area contributed by atoms with Crippen molar-refractivity contribution in [2.75, 3.05) is 5.32 Å². The fraction of sp³-hybridized carbons (Fsp3) is 0.0952. The third kappa shape index (κ3) is 5.15. The van der Waals surface area contributed by atoms with Crippen molar-refractivity contribution in [2.24, 2.45) is 0 Å². The first-order valence-corrected chi connectivity index (χ1v) is 9.97. The summed E-state index contributed by atoms with van der Waals surface area (Å²) in [5.41, 5.74) is 3.72. The number of anilines is 1. The van der Waals surface area contributed by atoms with Gasteiger partial charge < -0.3 is 9.73 Å². The van der Waals surface area contributed by atoms with Gasteiger partial charge in [-0.2, -0.15) is 0 Å². The lowest BCUT2D eigenvalue weighted by Crippen LogP contribution is -2.09. The summed E-state index contributed by atoms with van der Waals surface area (Å²) in [6.45, 7) is 3.98. The summed E-state index contributed by atoms with van der Waals surface area (Å²) < 4.78 is 6.92. The van der Waals surface area contributed by atoms with Crippen LogP contribution in [-0.4, -0.2) is 5.91 Å². The third-order valence-electron chi connectivity index (χ3n) is 3.94. The Hall–Kier alpha value is -1.76. The van der Waals surface area contributed by atoms with Crippen molar-refractivity contribution in [1.82, 2.24) is 0 Å². The molecule has 0 radical (unpaired) electrons. The molecule has 0 aliphatic rings. The molecule has 0 fully saturated rings. The summed E-state index contributed by atoms with van der Waals surface area (Å²) in [6, 6.07) is 12.8. The number of nitrogens with one attached hydrogen (secondary N) is 1. The number of carbonyl (C=O) groups is 1. The highest BCUT2D eigenvalue weighted by atomic mass is 127. The summed E-state index contributed by atoms with van der Waals surface area (Å²) in [4.78, 5) is 12.2. The van der Waals surface area contributed by atoms with Crippen LogP contribution in [0, 0.1) is 17.4 Å². The van der Waals surface area contributed by atoms with E-state index in [0.717, 1.165) is 22.4 Å². The maximum absolute atomic E-state index is 12.2. The molecule has 2 aromatic carbocycles. The maximum atomic E-state index is 12.2. The van der Waals surface area contributed by atoms with Gasteiger partial charge in [-0.25, -0.2) is 0 Å². The fourth-order valence-corrected chi connectivity index (χ4v) is 3.69. The Balaban J connectivity index is 1.72. The molecule has 0 aliphatic heterocycles. The van der Waals surface area contributed by atoms with Crippen molar-refractivity contribution in [2.45, 2.75) is 13.8 Å². The highest BCUT2D eigenvalue weighted by molar-refractivity contribution is 14.1. The summed E-state index contributed by atoms with van der Waals surface area (Å²) in [7, 11) is 0. The van der Waals surface area contributed by atoms with Crippen LogP contribution in [0.25, 0.3) is 17.4 Å². The maximum Gasteiger partial charge on any atom is 0.248 e. The number of halogens is 3. The van der Waals surface area contributed by atoms with Crippen molar-refractivity contribution in [3.05, 3.63) is 79.0 Å². The van der Waals surface area contributed by atoms with Crippen LogP contribution >= 0.6 is 45.8 Å². The van der Waals surface area contributed by atoms with Crippen LogP contribution in [0.1, 0.15) is 16.9 Å². The Morgan fingerprint density at radius 3 is 2.44 bits per heavy atom. The van der Waals surface area contributed by atoms with Gasteiger partial charge in [0.2, 0.25) is 5.91 Å². The first-order valence-electron chi connectivity index (χ1n) is 8.14. The number of amides is 1. The van der Waals surface area contributed by atoms with Crippen LogP contribution in [0.15, 0.2) is 53.0 Å². The molecule has 0 spiro atoms. The number of carbonyl (C=O) groups excluding carboxylic acids is 1. The molecule has 0 bridgehead atoms. The van der Waals surface area contributed by atoms with Crippen LogP contribution in [0.5, 0.6) is 0 Å². The quantitative estimate of drug-likeness (QED) is 0.299. The molecule has 1 amide bonds. The molecular formula is C21H16Cl2INO2. The first-order chi connectivity index (χ1) is 12.8. The number of furan rings is 1. The standard InChI is InChI=1S/C21H16Cl2INO2/c1-12-8-19(13(2)7-18(12)24)25-21(26)6-4-17-3-5-20(27-17)14-9-15(22)11-16(23)10-14/h3-11H,1-2H3,(H,25,26)/b6-4+. The average Bonchev–Trinajstić information content (AvgIpc) is 3.06. The van der Waals surface area contributed by atoms with E-state index in [1.165, 1.54) is 9.65 Å². The minimum absolute atomic E-state index is 0.220. The summed E-state index contributed by atoms with van der Waals surface area (Å²) in [5.74, 6) is 0.970. The predicted molar refractivity (Wildman–Crippen MR) is 120 cm³/mol. The molecule has 0 atom stereocenters. The lowest BCUT2D eigenvalue weighted by Gasteiger charge is -2.09. The second kappa shape index (κ2) is 8.50. The van der Waals surface area contributed by atoms with Crippen molar-refractivity contribution >= 4 is 63.5 Å². The first kappa shape index (κ1) is 20.0. The number of hydrogen-bond acceptors (Lipinski definition) is 2. The van der Waals surface area contributed by atoms with Gasteiger partial charge in [-0.05, 0) is 96.1 Å². The van der Waals surface area contributed by atoms with E-state index in [2.05, 4.69) is 27.9 Å². The zero-order valence-corrected chi connectivity index (χ0v) is 18.3. The van der Waals surface area contributed by atoms with E-state index in [-0.39, 0.29) is 5.91 Å². The molecule has 0 aliphatic carbocycles. The highest BCUT2D eigenvalue weighted by Gasteiger charge is 2.07. The van der Waals surface area contributed by atoms with Crippen LogP contribution < -0.4 is 5.32 Å². The van der Waals surface area contributed by atoms with Crippen LogP contribution in [0.4, 0.5) is 5.69 Å². The van der Waals surface area contributed by atoms with Gasteiger partial charge in [0.15, 0.2) is 0 Å². The fourth-order valence-electron chi connectivity index (χ4n) is 2.54. The van der Waals surface area contributed by atoms with Gasteiger partial charge >= 0.3 is 0 Å². The van der Waals surface area contributed by atoms with Crippen molar-refractivity contribution in [3.63, 3.8) is 0 Å². The van der Waals surface area contributed by atoms with Gasteiger partial charge in [0.25, 0.3) is 0 Å². The van der Waals surface area contributed by atoms with E-state index in [1.54, 1.807) is 30.3 Å². The molecule has 1 heterocycles. The van der Waals surface area contributed by atoms with Gasteiger partial charge in [0.05, 0.1) is 0 Å². The zero-order chi connectivity index (χ0) is 19.6. The Labute approximate surface area is 181 Å². The number of rotatable bonds is 4. The monoisotopic (exact) mass is 511 g/mol. The van der Waals surface area contributed by atoms with E-state index >= 15 is 0 Å². The van der Waals surface area contributed by atoms with Gasteiger partial charge in [0, 0.05) is 30.9 Å². The normalized spacial score (nSPS) is 11.1. The lowest BCUT2D eigenvalue weighted by molar-refractivity contribution is -0.111.